The lowest BCUT2D eigenvalue weighted by molar-refractivity contribution is -0.147. The van der Waals surface area contributed by atoms with Gasteiger partial charge in [0.25, 0.3) is 5.91 Å². The summed E-state index contributed by atoms with van der Waals surface area (Å²) in [6, 6.07) is 13.1. The number of halogens is 2. The first-order chi connectivity index (χ1) is 13.5. The molecule has 1 amide bonds. The summed E-state index contributed by atoms with van der Waals surface area (Å²) in [5, 5.41) is 2.38. The maximum absolute atomic E-state index is 12.4. The van der Waals surface area contributed by atoms with Gasteiger partial charge in [0, 0.05) is 6.42 Å². The SMILES string of the molecule is CCOc1ccccc1CCC(=O)OCC(=O)Nc1ccccc1OC(F)F. The lowest BCUT2D eigenvalue weighted by atomic mass is 10.1. The van der Waals surface area contributed by atoms with Gasteiger partial charge in [0.05, 0.1) is 12.3 Å². The Balaban J connectivity index is 1.81. The third-order valence-electron chi connectivity index (χ3n) is 3.61. The van der Waals surface area contributed by atoms with Crippen molar-refractivity contribution in [3.8, 4) is 11.5 Å². The zero-order chi connectivity index (χ0) is 20.4. The number of anilines is 1. The molecule has 0 fully saturated rings. The van der Waals surface area contributed by atoms with E-state index in [9.17, 15) is 18.4 Å². The van der Waals surface area contributed by atoms with Crippen LogP contribution >= 0.6 is 0 Å². The summed E-state index contributed by atoms with van der Waals surface area (Å²) in [6.07, 6.45) is 0.476. The number of benzene rings is 2. The predicted octanol–water partition coefficient (Wildman–Crippen LogP) is 3.80. The largest absolute Gasteiger partial charge is 0.494 e. The van der Waals surface area contributed by atoms with Gasteiger partial charge in [0.15, 0.2) is 6.61 Å². The van der Waals surface area contributed by atoms with Crippen molar-refractivity contribution in [1.82, 2.24) is 0 Å². The second kappa shape index (κ2) is 10.9. The summed E-state index contributed by atoms with van der Waals surface area (Å²) in [4.78, 5) is 23.8. The number of hydrogen-bond acceptors (Lipinski definition) is 5. The van der Waals surface area contributed by atoms with Gasteiger partial charge in [-0.2, -0.15) is 8.78 Å². The minimum Gasteiger partial charge on any atom is -0.494 e. The van der Waals surface area contributed by atoms with Crippen molar-refractivity contribution in [3.05, 3.63) is 54.1 Å². The molecule has 0 heterocycles. The van der Waals surface area contributed by atoms with E-state index in [0.29, 0.717) is 18.8 Å². The number of ether oxygens (including phenoxy) is 3. The lowest BCUT2D eigenvalue weighted by Crippen LogP contribution is -2.21. The number of carbonyl (C=O) groups is 2. The third kappa shape index (κ3) is 6.86. The number of rotatable bonds is 10. The molecule has 0 radical (unpaired) electrons. The molecule has 0 saturated carbocycles. The van der Waals surface area contributed by atoms with Crippen LogP contribution in [-0.2, 0) is 20.7 Å². The molecule has 150 valence electrons. The fourth-order valence-electron chi connectivity index (χ4n) is 2.42. The quantitative estimate of drug-likeness (QED) is 0.622. The summed E-state index contributed by atoms with van der Waals surface area (Å²) in [6.45, 7) is -1.17. The van der Waals surface area contributed by atoms with Gasteiger partial charge in [-0.25, -0.2) is 0 Å². The molecule has 0 bridgehead atoms. The summed E-state index contributed by atoms with van der Waals surface area (Å²) in [7, 11) is 0. The molecule has 8 heteroatoms. The highest BCUT2D eigenvalue weighted by atomic mass is 19.3. The van der Waals surface area contributed by atoms with Crippen LogP contribution < -0.4 is 14.8 Å². The number of nitrogens with one attached hydrogen (secondary N) is 1. The van der Waals surface area contributed by atoms with Gasteiger partial charge in [-0.1, -0.05) is 30.3 Å². The topological polar surface area (TPSA) is 73.9 Å². The van der Waals surface area contributed by atoms with Gasteiger partial charge in [0.2, 0.25) is 0 Å². The van der Waals surface area contributed by atoms with Crippen molar-refractivity contribution in [2.45, 2.75) is 26.4 Å². The fourth-order valence-corrected chi connectivity index (χ4v) is 2.42. The van der Waals surface area contributed by atoms with Crippen LogP contribution in [0.4, 0.5) is 14.5 Å². The van der Waals surface area contributed by atoms with Crippen LogP contribution in [0.15, 0.2) is 48.5 Å². The Morgan fingerprint density at radius 1 is 1.04 bits per heavy atom. The van der Waals surface area contributed by atoms with E-state index in [1.54, 1.807) is 6.07 Å². The number of alkyl halides is 2. The average molecular weight is 393 g/mol. The standard InChI is InChI=1S/C20H21F2NO5/c1-2-26-16-9-5-3-7-14(16)11-12-19(25)27-13-18(24)23-15-8-4-6-10-17(15)28-20(21)22/h3-10,20H,2,11-13H2,1H3,(H,23,24). The molecule has 1 N–H and O–H groups in total. The first-order valence-electron chi connectivity index (χ1n) is 8.69. The molecule has 0 aromatic heterocycles. The zero-order valence-electron chi connectivity index (χ0n) is 15.3. The maximum atomic E-state index is 12.4. The van der Waals surface area contributed by atoms with E-state index in [0.717, 1.165) is 5.56 Å². The molecule has 0 aliphatic rings. The van der Waals surface area contributed by atoms with Crippen LogP contribution in [0.5, 0.6) is 11.5 Å². The van der Waals surface area contributed by atoms with Crippen LogP contribution in [0.3, 0.4) is 0 Å². The maximum Gasteiger partial charge on any atom is 0.387 e. The Bertz CT molecular complexity index is 798. The van der Waals surface area contributed by atoms with Gasteiger partial charge in [0.1, 0.15) is 11.5 Å². The summed E-state index contributed by atoms with van der Waals surface area (Å²) in [5.41, 5.74) is 0.929. The van der Waals surface area contributed by atoms with E-state index in [1.165, 1.54) is 18.2 Å². The van der Waals surface area contributed by atoms with Crippen molar-refractivity contribution in [1.29, 1.82) is 0 Å². The molecule has 28 heavy (non-hydrogen) atoms. The van der Waals surface area contributed by atoms with E-state index >= 15 is 0 Å². The zero-order valence-corrected chi connectivity index (χ0v) is 15.3. The van der Waals surface area contributed by atoms with Crippen LogP contribution in [0.25, 0.3) is 0 Å². The Morgan fingerprint density at radius 3 is 2.43 bits per heavy atom. The highest BCUT2D eigenvalue weighted by Crippen LogP contribution is 2.25. The summed E-state index contributed by atoms with van der Waals surface area (Å²) >= 11 is 0. The van der Waals surface area contributed by atoms with Crippen LogP contribution in [0.1, 0.15) is 18.9 Å². The molecule has 0 spiro atoms. The average Bonchev–Trinajstić information content (AvgIpc) is 2.67. The van der Waals surface area contributed by atoms with E-state index in [1.807, 2.05) is 31.2 Å². The van der Waals surface area contributed by atoms with E-state index in [4.69, 9.17) is 9.47 Å². The number of hydrogen-bond donors (Lipinski definition) is 1. The van der Waals surface area contributed by atoms with E-state index in [-0.39, 0.29) is 17.9 Å². The highest BCUT2D eigenvalue weighted by Gasteiger charge is 2.13. The lowest BCUT2D eigenvalue weighted by Gasteiger charge is -2.12. The molecular formula is C20H21F2NO5. The molecule has 0 aliphatic heterocycles. The summed E-state index contributed by atoms with van der Waals surface area (Å²) < 4.78 is 39.5. The molecule has 2 aromatic rings. The molecular weight excluding hydrogens is 372 g/mol. The molecule has 0 saturated heterocycles. The van der Waals surface area contributed by atoms with Crippen molar-refractivity contribution < 1.29 is 32.6 Å². The first kappa shape index (κ1) is 21.1. The first-order valence-corrected chi connectivity index (χ1v) is 8.69. The normalized spacial score (nSPS) is 10.4. The molecule has 2 rings (SSSR count). The number of para-hydroxylation sites is 3. The van der Waals surface area contributed by atoms with Crippen molar-refractivity contribution in [2.24, 2.45) is 0 Å². The molecule has 0 atom stereocenters. The fraction of sp³-hybridized carbons (Fsp3) is 0.300. The van der Waals surface area contributed by atoms with E-state index < -0.39 is 25.1 Å². The van der Waals surface area contributed by atoms with Crippen LogP contribution in [-0.4, -0.2) is 31.7 Å². The number of aryl methyl sites for hydroxylation is 1. The minimum atomic E-state index is -3.02. The van der Waals surface area contributed by atoms with Gasteiger partial charge in [-0.15, -0.1) is 0 Å². The van der Waals surface area contributed by atoms with Gasteiger partial charge >= 0.3 is 12.6 Å². The predicted molar refractivity (Wildman–Crippen MR) is 98.6 cm³/mol. The molecule has 2 aromatic carbocycles. The van der Waals surface area contributed by atoms with Crippen LogP contribution in [0, 0.1) is 0 Å². The van der Waals surface area contributed by atoms with Crippen molar-refractivity contribution >= 4 is 17.6 Å². The van der Waals surface area contributed by atoms with Crippen LogP contribution in [0.2, 0.25) is 0 Å². The van der Waals surface area contributed by atoms with Gasteiger partial charge in [-0.3, -0.25) is 9.59 Å². The van der Waals surface area contributed by atoms with Crippen molar-refractivity contribution in [2.75, 3.05) is 18.5 Å². The number of amides is 1. The summed E-state index contributed by atoms with van der Waals surface area (Å²) in [5.74, 6) is -0.692. The van der Waals surface area contributed by atoms with Crippen molar-refractivity contribution in [3.63, 3.8) is 0 Å². The Hall–Kier alpha value is -3.16. The Labute approximate surface area is 161 Å². The Morgan fingerprint density at radius 2 is 1.71 bits per heavy atom. The highest BCUT2D eigenvalue weighted by molar-refractivity contribution is 5.94. The van der Waals surface area contributed by atoms with E-state index in [2.05, 4.69) is 10.1 Å². The second-order valence-electron chi connectivity index (χ2n) is 5.62. The second-order valence-corrected chi connectivity index (χ2v) is 5.62. The third-order valence-corrected chi connectivity index (χ3v) is 3.61. The van der Waals surface area contributed by atoms with Gasteiger partial charge < -0.3 is 19.5 Å². The Kier molecular flexibility index (Phi) is 8.20. The number of carbonyl (C=O) groups excluding carboxylic acids is 2. The monoisotopic (exact) mass is 393 g/mol. The molecule has 0 unspecified atom stereocenters. The van der Waals surface area contributed by atoms with Gasteiger partial charge in [-0.05, 0) is 37.1 Å². The molecule has 0 aliphatic carbocycles. The minimum absolute atomic E-state index is 0.0643. The number of esters is 1. The smallest absolute Gasteiger partial charge is 0.387 e. The molecule has 6 nitrogen and oxygen atoms in total.